The van der Waals surface area contributed by atoms with Crippen molar-refractivity contribution in [3.63, 3.8) is 0 Å². The van der Waals surface area contributed by atoms with Gasteiger partial charge in [0, 0.05) is 19.2 Å². The molecule has 2 unspecified atom stereocenters. The summed E-state index contributed by atoms with van der Waals surface area (Å²) >= 11 is 0. The van der Waals surface area contributed by atoms with Crippen molar-refractivity contribution in [1.29, 1.82) is 0 Å². The Balaban J connectivity index is 2.36. The molecule has 0 radical (unpaired) electrons. The van der Waals surface area contributed by atoms with Crippen molar-refractivity contribution in [1.82, 2.24) is 5.32 Å². The number of aliphatic hydroxyl groups is 1. The summed E-state index contributed by atoms with van der Waals surface area (Å²) in [5.74, 6) is 0.112. The predicted octanol–water partition coefficient (Wildman–Crippen LogP) is 0.769. The average molecular weight is 312 g/mol. The number of rotatable bonds is 6. The van der Waals surface area contributed by atoms with Gasteiger partial charge in [-0.15, -0.1) is 0 Å². The molecule has 0 amide bonds. The maximum Gasteiger partial charge on any atom is 0.178 e. The quantitative estimate of drug-likeness (QED) is 0.721. The zero-order chi connectivity index (χ0) is 15.5. The van der Waals surface area contributed by atoms with E-state index >= 15 is 0 Å². The highest BCUT2D eigenvalue weighted by atomic mass is 32.2. The molecule has 1 aromatic carbocycles. The van der Waals surface area contributed by atoms with Crippen LogP contribution in [0, 0.1) is 0 Å². The Bertz CT molecular complexity index is 588. The van der Waals surface area contributed by atoms with Gasteiger partial charge in [0.1, 0.15) is 0 Å². The molecule has 6 heteroatoms. The number of aliphatic hydroxyl groups excluding tert-OH is 1. The Morgan fingerprint density at radius 3 is 2.81 bits per heavy atom. The van der Waals surface area contributed by atoms with E-state index in [1.165, 1.54) is 0 Å². The predicted molar refractivity (Wildman–Crippen MR) is 82.8 cm³/mol. The fraction of sp³-hybridized carbons (Fsp3) is 0.600. The summed E-state index contributed by atoms with van der Waals surface area (Å²) in [6, 6.07) is 7.27. The molecule has 0 saturated carbocycles. The first-order chi connectivity index (χ1) is 9.95. The molecule has 0 aromatic heterocycles. The first-order valence-electron chi connectivity index (χ1n) is 7.36. The smallest absolute Gasteiger partial charge is 0.178 e. The van der Waals surface area contributed by atoms with Crippen molar-refractivity contribution in [3.05, 3.63) is 29.8 Å². The van der Waals surface area contributed by atoms with Crippen LogP contribution in [0.1, 0.15) is 31.7 Å². The fourth-order valence-corrected chi connectivity index (χ4v) is 4.77. The van der Waals surface area contributed by atoms with E-state index in [2.05, 4.69) is 5.32 Å². The van der Waals surface area contributed by atoms with Crippen molar-refractivity contribution in [2.45, 2.75) is 42.7 Å². The lowest BCUT2D eigenvalue weighted by Gasteiger charge is -2.41. The number of nitrogens with one attached hydrogen (secondary N) is 1. The van der Waals surface area contributed by atoms with Crippen molar-refractivity contribution >= 4 is 9.84 Å². The highest BCUT2D eigenvalue weighted by molar-refractivity contribution is 7.91. The first kappa shape index (κ1) is 16.4. The summed E-state index contributed by atoms with van der Waals surface area (Å²) in [7, 11) is -3.21. The van der Waals surface area contributed by atoms with E-state index in [0.29, 0.717) is 17.9 Å². The molecule has 0 aliphatic carbocycles. The van der Waals surface area contributed by atoms with E-state index in [-0.39, 0.29) is 18.4 Å². The van der Waals surface area contributed by atoms with E-state index in [9.17, 15) is 8.42 Å². The summed E-state index contributed by atoms with van der Waals surface area (Å²) in [6.45, 7) is 2.55. The Hall–Kier alpha value is -0.950. The SMILES string of the molecule is CC(CCCO)NC1(CN)CCS(=O)(=O)c2ccccc21. The second kappa shape index (κ2) is 6.44. The van der Waals surface area contributed by atoms with Gasteiger partial charge in [0.15, 0.2) is 9.84 Å². The molecule has 0 bridgehead atoms. The van der Waals surface area contributed by atoms with Crippen LogP contribution in [0.25, 0.3) is 0 Å². The standard InChI is InChI=1S/C15H24N2O3S/c1-12(5-4-9-18)17-15(11-16)8-10-21(19,20)14-7-3-2-6-13(14)15/h2-3,6-7,12,17-18H,4-5,8-11,16H2,1H3. The third-order valence-electron chi connectivity index (χ3n) is 4.20. The second-order valence-electron chi connectivity index (χ2n) is 5.76. The van der Waals surface area contributed by atoms with Gasteiger partial charge in [0.25, 0.3) is 0 Å². The number of hydrogen-bond acceptors (Lipinski definition) is 5. The molecule has 1 aromatic rings. The first-order valence-corrected chi connectivity index (χ1v) is 9.01. The highest BCUT2D eigenvalue weighted by Crippen LogP contribution is 2.36. The van der Waals surface area contributed by atoms with Crippen LogP contribution >= 0.6 is 0 Å². The van der Waals surface area contributed by atoms with Gasteiger partial charge in [0.05, 0.1) is 16.2 Å². The maximum absolute atomic E-state index is 12.2. The van der Waals surface area contributed by atoms with Crippen LogP contribution < -0.4 is 11.1 Å². The van der Waals surface area contributed by atoms with Gasteiger partial charge < -0.3 is 16.2 Å². The topological polar surface area (TPSA) is 92.4 Å². The number of hydrogen-bond donors (Lipinski definition) is 3. The van der Waals surface area contributed by atoms with Crippen molar-refractivity contribution < 1.29 is 13.5 Å². The van der Waals surface area contributed by atoms with Gasteiger partial charge in [-0.25, -0.2) is 8.42 Å². The number of sulfone groups is 1. The van der Waals surface area contributed by atoms with Crippen LogP contribution in [0.3, 0.4) is 0 Å². The fourth-order valence-electron chi connectivity index (χ4n) is 3.05. The van der Waals surface area contributed by atoms with Gasteiger partial charge in [-0.2, -0.15) is 0 Å². The third-order valence-corrected chi connectivity index (χ3v) is 5.97. The van der Waals surface area contributed by atoms with Crippen molar-refractivity contribution in [3.8, 4) is 0 Å². The molecule has 118 valence electrons. The molecule has 0 spiro atoms. The van der Waals surface area contributed by atoms with E-state index in [4.69, 9.17) is 10.8 Å². The third kappa shape index (κ3) is 3.29. The summed E-state index contributed by atoms with van der Waals surface area (Å²) < 4.78 is 24.5. The minimum Gasteiger partial charge on any atom is -0.396 e. The van der Waals surface area contributed by atoms with Crippen molar-refractivity contribution in [2.24, 2.45) is 5.73 Å². The molecule has 1 heterocycles. The molecule has 2 atom stereocenters. The summed E-state index contributed by atoms with van der Waals surface area (Å²) in [5.41, 5.74) is 6.28. The molecule has 4 N–H and O–H groups in total. The van der Waals surface area contributed by atoms with Gasteiger partial charge in [0.2, 0.25) is 0 Å². The second-order valence-corrected chi connectivity index (χ2v) is 7.84. The normalized spacial score (nSPS) is 25.3. The van der Waals surface area contributed by atoms with Crippen LogP contribution in [-0.4, -0.2) is 38.5 Å². The molecule has 0 saturated heterocycles. The monoisotopic (exact) mass is 312 g/mol. The van der Waals surface area contributed by atoms with Gasteiger partial charge in [-0.3, -0.25) is 0 Å². The molecule has 1 aliphatic rings. The summed E-state index contributed by atoms with van der Waals surface area (Å²) in [5, 5.41) is 12.4. The van der Waals surface area contributed by atoms with Crippen LogP contribution in [0.4, 0.5) is 0 Å². The average Bonchev–Trinajstić information content (AvgIpc) is 2.49. The molecule has 21 heavy (non-hydrogen) atoms. The van der Waals surface area contributed by atoms with E-state index in [0.717, 1.165) is 18.4 Å². The van der Waals surface area contributed by atoms with Crippen LogP contribution in [0.15, 0.2) is 29.2 Å². The van der Waals surface area contributed by atoms with Crippen LogP contribution in [0.5, 0.6) is 0 Å². The van der Waals surface area contributed by atoms with Gasteiger partial charge >= 0.3 is 0 Å². The zero-order valence-corrected chi connectivity index (χ0v) is 13.2. The molecule has 0 fully saturated rings. The van der Waals surface area contributed by atoms with E-state index < -0.39 is 15.4 Å². The summed E-state index contributed by atoms with van der Waals surface area (Å²) in [6.07, 6.45) is 2.02. The number of nitrogens with two attached hydrogens (primary N) is 1. The van der Waals surface area contributed by atoms with E-state index in [1.54, 1.807) is 12.1 Å². The van der Waals surface area contributed by atoms with Crippen LogP contribution in [-0.2, 0) is 15.4 Å². The number of benzene rings is 1. The summed E-state index contributed by atoms with van der Waals surface area (Å²) in [4.78, 5) is 0.392. The number of fused-ring (bicyclic) bond motifs is 1. The van der Waals surface area contributed by atoms with Crippen LogP contribution in [0.2, 0.25) is 0 Å². The zero-order valence-electron chi connectivity index (χ0n) is 12.4. The highest BCUT2D eigenvalue weighted by Gasteiger charge is 2.41. The Kier molecular flexibility index (Phi) is 5.03. The van der Waals surface area contributed by atoms with Gasteiger partial charge in [-0.1, -0.05) is 18.2 Å². The molecule has 5 nitrogen and oxygen atoms in total. The minimum absolute atomic E-state index is 0.112. The van der Waals surface area contributed by atoms with Crippen molar-refractivity contribution in [2.75, 3.05) is 18.9 Å². The Labute approximate surface area is 126 Å². The lowest BCUT2D eigenvalue weighted by molar-refractivity contribution is 0.247. The maximum atomic E-state index is 12.2. The van der Waals surface area contributed by atoms with Gasteiger partial charge in [-0.05, 0) is 37.8 Å². The molecular formula is C15H24N2O3S. The minimum atomic E-state index is -3.21. The Morgan fingerprint density at radius 2 is 2.14 bits per heavy atom. The lowest BCUT2D eigenvalue weighted by atomic mass is 9.85. The molecule has 1 aliphatic heterocycles. The molecular weight excluding hydrogens is 288 g/mol. The molecule has 2 rings (SSSR count). The lowest BCUT2D eigenvalue weighted by Crippen LogP contribution is -2.55. The largest absolute Gasteiger partial charge is 0.396 e. The van der Waals surface area contributed by atoms with E-state index in [1.807, 2.05) is 19.1 Å². The Morgan fingerprint density at radius 1 is 1.43 bits per heavy atom.